The number of anilines is 2. The lowest BCUT2D eigenvalue weighted by Gasteiger charge is -2.26. The maximum atomic E-state index is 12.8. The molecular formula is C25H27N7O2. The van der Waals surface area contributed by atoms with Crippen molar-refractivity contribution in [1.29, 1.82) is 0 Å². The molecule has 2 N–H and O–H groups in total. The van der Waals surface area contributed by atoms with E-state index in [9.17, 15) is 4.79 Å². The van der Waals surface area contributed by atoms with Gasteiger partial charge in [-0.2, -0.15) is 0 Å². The molecule has 0 saturated carbocycles. The first-order valence-corrected chi connectivity index (χ1v) is 11.4. The third kappa shape index (κ3) is 5.22. The summed E-state index contributed by atoms with van der Waals surface area (Å²) in [4.78, 5) is 27.9. The smallest absolute Gasteiger partial charge is 0.256 e. The van der Waals surface area contributed by atoms with Crippen LogP contribution in [-0.2, 0) is 11.3 Å². The summed E-state index contributed by atoms with van der Waals surface area (Å²) in [5.74, 6) is 0.282. The van der Waals surface area contributed by atoms with Gasteiger partial charge >= 0.3 is 0 Å². The highest BCUT2D eigenvalue weighted by Gasteiger charge is 2.15. The van der Waals surface area contributed by atoms with Gasteiger partial charge in [0, 0.05) is 61.4 Å². The standard InChI is InChI=1S/C25H27N7O2/c33-25(28-8-10-31-11-13-34-14-12-31)22-16-26-18-29-24(22)30-20-4-5-23-19(15-20)6-9-32(23)17-21-3-1-2-7-27-21/h1-7,9,15-16,18H,8,10-14,17H2,(H,28,33)(H,26,29,30). The summed E-state index contributed by atoms with van der Waals surface area (Å²) >= 11 is 0. The van der Waals surface area contributed by atoms with E-state index in [-0.39, 0.29) is 5.91 Å². The van der Waals surface area contributed by atoms with Crippen LogP contribution in [0.15, 0.2) is 67.4 Å². The molecule has 3 aromatic heterocycles. The second-order valence-electron chi connectivity index (χ2n) is 8.16. The van der Waals surface area contributed by atoms with E-state index in [0.29, 0.717) is 24.5 Å². The number of morpholine rings is 1. The molecule has 9 nitrogen and oxygen atoms in total. The van der Waals surface area contributed by atoms with E-state index in [4.69, 9.17) is 4.74 Å². The molecule has 5 rings (SSSR count). The first-order valence-electron chi connectivity index (χ1n) is 11.4. The number of rotatable bonds is 8. The highest BCUT2D eigenvalue weighted by molar-refractivity contribution is 5.99. The highest BCUT2D eigenvalue weighted by atomic mass is 16.5. The van der Waals surface area contributed by atoms with Crippen LogP contribution >= 0.6 is 0 Å². The van der Waals surface area contributed by atoms with Gasteiger partial charge in [-0.15, -0.1) is 0 Å². The quantitative estimate of drug-likeness (QED) is 0.420. The van der Waals surface area contributed by atoms with Crippen LogP contribution in [0.3, 0.4) is 0 Å². The largest absolute Gasteiger partial charge is 0.379 e. The van der Waals surface area contributed by atoms with Gasteiger partial charge in [0.1, 0.15) is 17.7 Å². The Morgan fingerprint density at radius 2 is 2.00 bits per heavy atom. The summed E-state index contributed by atoms with van der Waals surface area (Å²) in [6.07, 6.45) is 6.85. The maximum absolute atomic E-state index is 12.8. The molecule has 1 amide bonds. The number of carbonyl (C=O) groups is 1. The summed E-state index contributed by atoms with van der Waals surface area (Å²) in [5.41, 5.74) is 3.38. The molecule has 0 unspecified atom stereocenters. The lowest BCUT2D eigenvalue weighted by Crippen LogP contribution is -2.41. The molecule has 0 bridgehead atoms. The number of hydrogen-bond acceptors (Lipinski definition) is 7. The number of nitrogens with zero attached hydrogens (tertiary/aromatic N) is 5. The molecule has 1 aliphatic heterocycles. The second kappa shape index (κ2) is 10.4. The van der Waals surface area contributed by atoms with E-state index in [2.05, 4.69) is 53.4 Å². The van der Waals surface area contributed by atoms with Gasteiger partial charge in [0.25, 0.3) is 5.91 Å². The predicted molar refractivity (Wildman–Crippen MR) is 130 cm³/mol. The molecule has 0 aliphatic carbocycles. The van der Waals surface area contributed by atoms with E-state index < -0.39 is 0 Å². The highest BCUT2D eigenvalue weighted by Crippen LogP contribution is 2.24. The van der Waals surface area contributed by atoms with Crippen LogP contribution in [0.25, 0.3) is 10.9 Å². The third-order valence-corrected chi connectivity index (χ3v) is 5.87. The fraction of sp³-hybridized carbons (Fsp3) is 0.280. The van der Waals surface area contributed by atoms with E-state index in [1.165, 1.54) is 6.33 Å². The zero-order chi connectivity index (χ0) is 23.2. The first kappa shape index (κ1) is 22.0. The Hall–Kier alpha value is -3.82. The predicted octanol–water partition coefficient (Wildman–Crippen LogP) is 2.68. The number of carbonyl (C=O) groups excluding carboxylic acids is 1. The molecule has 1 aromatic carbocycles. The van der Waals surface area contributed by atoms with Crippen molar-refractivity contribution in [2.24, 2.45) is 0 Å². The number of hydrogen-bond donors (Lipinski definition) is 2. The van der Waals surface area contributed by atoms with Crippen LogP contribution < -0.4 is 10.6 Å². The van der Waals surface area contributed by atoms with Crippen LogP contribution in [0, 0.1) is 0 Å². The molecule has 4 aromatic rings. The lowest BCUT2D eigenvalue weighted by atomic mass is 10.2. The molecule has 1 saturated heterocycles. The minimum absolute atomic E-state index is 0.195. The normalized spacial score (nSPS) is 14.2. The van der Waals surface area contributed by atoms with Crippen molar-refractivity contribution in [3.8, 4) is 0 Å². The Labute approximate surface area is 197 Å². The molecule has 4 heterocycles. The van der Waals surface area contributed by atoms with Gasteiger partial charge in [0.2, 0.25) is 0 Å². The van der Waals surface area contributed by atoms with Crippen molar-refractivity contribution < 1.29 is 9.53 Å². The number of pyridine rings is 1. The number of aromatic nitrogens is 4. The Morgan fingerprint density at radius 1 is 1.09 bits per heavy atom. The van der Waals surface area contributed by atoms with Gasteiger partial charge in [-0.25, -0.2) is 9.97 Å². The van der Waals surface area contributed by atoms with Gasteiger partial charge in [-0.05, 0) is 36.4 Å². The molecular weight excluding hydrogens is 430 g/mol. The van der Waals surface area contributed by atoms with E-state index >= 15 is 0 Å². The Kier molecular flexibility index (Phi) is 6.73. The first-order chi connectivity index (χ1) is 16.8. The molecule has 1 fully saturated rings. The van der Waals surface area contributed by atoms with E-state index in [0.717, 1.165) is 55.1 Å². The van der Waals surface area contributed by atoms with Crippen LogP contribution in [0.5, 0.6) is 0 Å². The topological polar surface area (TPSA) is 97.2 Å². The molecule has 1 aliphatic rings. The zero-order valence-electron chi connectivity index (χ0n) is 18.9. The van der Waals surface area contributed by atoms with Gasteiger partial charge in [-0.3, -0.25) is 14.7 Å². The minimum atomic E-state index is -0.195. The zero-order valence-corrected chi connectivity index (χ0v) is 18.9. The van der Waals surface area contributed by atoms with Gasteiger partial charge in [0.05, 0.1) is 25.5 Å². The van der Waals surface area contributed by atoms with Gasteiger partial charge in [-0.1, -0.05) is 6.07 Å². The molecule has 174 valence electrons. The fourth-order valence-corrected chi connectivity index (χ4v) is 4.06. The monoisotopic (exact) mass is 457 g/mol. The van der Waals surface area contributed by atoms with Crippen molar-refractivity contribution in [2.45, 2.75) is 6.54 Å². The third-order valence-electron chi connectivity index (χ3n) is 5.87. The van der Waals surface area contributed by atoms with E-state index in [1.54, 1.807) is 12.4 Å². The number of benzene rings is 1. The van der Waals surface area contributed by atoms with Crippen LogP contribution in [0.2, 0.25) is 0 Å². The van der Waals surface area contributed by atoms with Crippen molar-refractivity contribution in [3.63, 3.8) is 0 Å². The van der Waals surface area contributed by atoms with E-state index in [1.807, 2.05) is 30.3 Å². The summed E-state index contributed by atoms with van der Waals surface area (Å²) in [6.45, 7) is 5.32. The minimum Gasteiger partial charge on any atom is -0.379 e. The molecule has 34 heavy (non-hydrogen) atoms. The lowest BCUT2D eigenvalue weighted by molar-refractivity contribution is 0.0383. The van der Waals surface area contributed by atoms with Crippen molar-refractivity contribution >= 4 is 28.3 Å². The van der Waals surface area contributed by atoms with Gasteiger partial charge in [0.15, 0.2) is 0 Å². The maximum Gasteiger partial charge on any atom is 0.256 e. The average molecular weight is 458 g/mol. The Morgan fingerprint density at radius 3 is 2.85 bits per heavy atom. The summed E-state index contributed by atoms with van der Waals surface area (Å²) in [7, 11) is 0. The number of amides is 1. The Bertz CT molecular complexity index is 1250. The molecule has 0 radical (unpaired) electrons. The Balaban J connectivity index is 1.26. The van der Waals surface area contributed by atoms with Crippen LogP contribution in [-0.4, -0.2) is 69.7 Å². The number of ether oxygens (including phenoxy) is 1. The van der Waals surface area contributed by atoms with Crippen LogP contribution in [0.4, 0.5) is 11.5 Å². The van der Waals surface area contributed by atoms with Crippen LogP contribution in [0.1, 0.15) is 16.1 Å². The molecule has 9 heteroatoms. The fourth-order valence-electron chi connectivity index (χ4n) is 4.06. The van der Waals surface area contributed by atoms with Crippen molar-refractivity contribution in [2.75, 3.05) is 44.7 Å². The molecule has 0 spiro atoms. The average Bonchev–Trinajstić information content (AvgIpc) is 3.27. The van der Waals surface area contributed by atoms with Gasteiger partial charge < -0.3 is 19.9 Å². The van der Waals surface area contributed by atoms with Crippen molar-refractivity contribution in [1.82, 2.24) is 29.7 Å². The number of nitrogens with one attached hydrogen (secondary N) is 2. The summed E-state index contributed by atoms with van der Waals surface area (Å²) < 4.78 is 7.53. The number of fused-ring (bicyclic) bond motifs is 1. The van der Waals surface area contributed by atoms with Crippen molar-refractivity contribution in [3.05, 3.63) is 78.6 Å². The summed E-state index contributed by atoms with van der Waals surface area (Å²) in [5, 5.41) is 7.35. The summed E-state index contributed by atoms with van der Waals surface area (Å²) in [6, 6.07) is 14.1. The SMILES string of the molecule is O=C(NCCN1CCOCC1)c1cncnc1Nc1ccc2c(ccn2Cc2ccccn2)c1. The molecule has 0 atom stereocenters. The second-order valence-corrected chi connectivity index (χ2v) is 8.16.